The molecule has 0 saturated carbocycles. The number of nitrogens with one attached hydrogen (secondary N) is 1. The number of aryl methyl sites for hydroxylation is 1. The Kier molecular flexibility index (Phi) is 5.69. The third-order valence-electron chi connectivity index (χ3n) is 5.80. The van der Waals surface area contributed by atoms with Crippen LogP contribution in [0.25, 0.3) is 0 Å². The van der Waals surface area contributed by atoms with E-state index < -0.39 is 0 Å². The van der Waals surface area contributed by atoms with E-state index in [4.69, 9.17) is 0 Å². The summed E-state index contributed by atoms with van der Waals surface area (Å²) in [5, 5.41) is 0. The molecule has 0 aliphatic carbocycles. The molecule has 0 bridgehead atoms. The quantitative estimate of drug-likeness (QED) is 0.856. The van der Waals surface area contributed by atoms with E-state index in [2.05, 4.69) is 9.88 Å². The number of pyridine rings is 1. The minimum Gasteiger partial charge on any atom is -0.364 e. The van der Waals surface area contributed by atoms with Crippen molar-refractivity contribution in [3.63, 3.8) is 0 Å². The lowest BCUT2D eigenvalue weighted by Gasteiger charge is -2.48. The van der Waals surface area contributed by atoms with Crippen LogP contribution in [0.2, 0.25) is 0 Å². The van der Waals surface area contributed by atoms with Gasteiger partial charge in [0.05, 0.1) is 0 Å². The van der Waals surface area contributed by atoms with Gasteiger partial charge < -0.3 is 19.7 Å². The minimum atomic E-state index is -0.234. The van der Waals surface area contributed by atoms with Crippen LogP contribution in [0.4, 0.5) is 0 Å². The third kappa shape index (κ3) is 4.40. The lowest BCUT2D eigenvalue weighted by molar-refractivity contribution is -0.139. The smallest absolute Gasteiger partial charge is 0.259 e. The number of aromatic amines is 1. The Bertz CT molecular complexity index is 773. The molecule has 7 heteroatoms. The number of rotatable bonds is 4. The second-order valence-corrected chi connectivity index (χ2v) is 8.34. The number of carbonyl (C=O) groups excluding carboxylic acids is 2. The molecular weight excluding hydrogens is 344 g/mol. The molecule has 27 heavy (non-hydrogen) atoms. The largest absolute Gasteiger partial charge is 0.364 e. The van der Waals surface area contributed by atoms with Crippen molar-refractivity contribution in [2.24, 2.45) is 5.41 Å². The van der Waals surface area contributed by atoms with Gasteiger partial charge in [0.1, 0.15) is 5.56 Å². The Labute approximate surface area is 160 Å². The van der Waals surface area contributed by atoms with Crippen molar-refractivity contribution in [2.45, 2.75) is 32.6 Å². The topological polar surface area (TPSA) is 76.7 Å². The lowest BCUT2D eigenvalue weighted by Crippen LogP contribution is -2.56. The Morgan fingerprint density at radius 3 is 2.74 bits per heavy atom. The van der Waals surface area contributed by atoms with Crippen molar-refractivity contribution in [1.82, 2.24) is 19.7 Å². The van der Waals surface area contributed by atoms with Gasteiger partial charge in [-0.1, -0.05) is 0 Å². The molecule has 2 amide bonds. The molecule has 2 saturated heterocycles. The molecule has 0 radical (unpaired) electrons. The van der Waals surface area contributed by atoms with Gasteiger partial charge in [-0.2, -0.15) is 0 Å². The number of piperidine rings is 2. The van der Waals surface area contributed by atoms with E-state index in [9.17, 15) is 14.4 Å². The molecule has 1 aromatic rings. The fraction of sp³-hybridized carbons (Fsp3) is 0.650. The number of carbonyl (C=O) groups is 2. The van der Waals surface area contributed by atoms with E-state index in [0.717, 1.165) is 38.0 Å². The Balaban J connectivity index is 1.73. The number of hydrogen-bond acceptors (Lipinski definition) is 4. The highest BCUT2D eigenvalue weighted by molar-refractivity contribution is 5.94. The van der Waals surface area contributed by atoms with Crippen LogP contribution in [-0.4, -0.2) is 78.3 Å². The Morgan fingerprint density at radius 1 is 1.26 bits per heavy atom. The van der Waals surface area contributed by atoms with Crippen molar-refractivity contribution in [2.75, 3.05) is 46.8 Å². The van der Waals surface area contributed by atoms with Crippen LogP contribution in [0.3, 0.4) is 0 Å². The van der Waals surface area contributed by atoms with Gasteiger partial charge >= 0.3 is 0 Å². The molecule has 2 aliphatic rings. The average Bonchev–Trinajstić information content (AvgIpc) is 2.62. The van der Waals surface area contributed by atoms with Crippen molar-refractivity contribution >= 4 is 11.8 Å². The number of hydrogen-bond donors (Lipinski definition) is 1. The molecule has 1 spiro atoms. The van der Waals surface area contributed by atoms with Crippen molar-refractivity contribution < 1.29 is 9.59 Å². The SMILES string of the molecule is Cc1cc(=O)c(C(=O)N2CCC[C@]3(CCC(=O)N(CCN(C)C)C3)C2)c[nH]1. The maximum Gasteiger partial charge on any atom is 0.259 e. The highest BCUT2D eigenvalue weighted by Crippen LogP contribution is 2.39. The number of nitrogens with zero attached hydrogens (tertiary/aromatic N) is 3. The van der Waals surface area contributed by atoms with Crippen molar-refractivity contribution in [3.8, 4) is 0 Å². The summed E-state index contributed by atoms with van der Waals surface area (Å²) in [5.74, 6) is 0.00738. The normalized spacial score (nSPS) is 23.3. The zero-order valence-corrected chi connectivity index (χ0v) is 16.6. The zero-order chi connectivity index (χ0) is 19.6. The minimum absolute atomic E-state index is 0.0500. The summed E-state index contributed by atoms with van der Waals surface area (Å²) in [7, 11) is 4.01. The highest BCUT2D eigenvalue weighted by Gasteiger charge is 2.42. The molecule has 0 unspecified atom stereocenters. The van der Waals surface area contributed by atoms with Crippen LogP contribution in [0.1, 0.15) is 41.7 Å². The number of likely N-dealkylation sites (N-methyl/N-ethyl adjacent to an activating group) is 1. The molecule has 1 N–H and O–H groups in total. The first-order chi connectivity index (χ1) is 12.8. The first kappa shape index (κ1) is 19.6. The van der Waals surface area contributed by atoms with Crippen LogP contribution in [0.15, 0.2) is 17.1 Å². The number of aromatic nitrogens is 1. The number of H-pyrrole nitrogens is 1. The van der Waals surface area contributed by atoms with Crippen LogP contribution < -0.4 is 5.43 Å². The maximum absolute atomic E-state index is 12.9. The van der Waals surface area contributed by atoms with E-state index in [0.29, 0.717) is 26.1 Å². The Hall–Kier alpha value is -2.15. The second kappa shape index (κ2) is 7.84. The summed E-state index contributed by atoms with van der Waals surface area (Å²) in [4.78, 5) is 46.3. The van der Waals surface area contributed by atoms with Crippen LogP contribution in [-0.2, 0) is 4.79 Å². The predicted molar refractivity (Wildman–Crippen MR) is 104 cm³/mol. The van der Waals surface area contributed by atoms with Gasteiger partial charge in [-0.05, 0) is 40.3 Å². The fourth-order valence-electron chi connectivity index (χ4n) is 4.25. The van der Waals surface area contributed by atoms with Gasteiger partial charge in [0, 0.05) is 62.5 Å². The number of amides is 2. The lowest BCUT2D eigenvalue weighted by atomic mass is 9.73. The highest BCUT2D eigenvalue weighted by atomic mass is 16.2. The molecule has 2 fully saturated rings. The summed E-state index contributed by atoms with van der Waals surface area (Å²) in [6.07, 6.45) is 4.81. The summed E-state index contributed by atoms with van der Waals surface area (Å²) in [6, 6.07) is 1.47. The monoisotopic (exact) mass is 374 g/mol. The van der Waals surface area contributed by atoms with Gasteiger partial charge in [-0.15, -0.1) is 0 Å². The third-order valence-corrected chi connectivity index (χ3v) is 5.80. The van der Waals surface area contributed by atoms with Crippen LogP contribution in [0.5, 0.6) is 0 Å². The van der Waals surface area contributed by atoms with Crippen molar-refractivity contribution in [3.05, 3.63) is 33.7 Å². The molecule has 7 nitrogen and oxygen atoms in total. The van der Waals surface area contributed by atoms with Gasteiger partial charge in [0.15, 0.2) is 5.43 Å². The molecule has 3 rings (SSSR count). The van der Waals surface area contributed by atoms with E-state index in [1.54, 1.807) is 6.92 Å². The first-order valence-electron chi connectivity index (χ1n) is 9.71. The maximum atomic E-state index is 12.9. The van der Waals surface area contributed by atoms with E-state index >= 15 is 0 Å². The summed E-state index contributed by atoms with van der Waals surface area (Å²) >= 11 is 0. The predicted octanol–water partition coefficient (Wildman–Crippen LogP) is 1.09. The summed E-state index contributed by atoms with van der Waals surface area (Å²) in [5.41, 5.74) is 0.663. The van der Waals surface area contributed by atoms with Crippen LogP contribution >= 0.6 is 0 Å². The molecule has 1 atom stereocenters. The molecule has 1 aromatic heterocycles. The molecule has 0 aromatic carbocycles. The standard InChI is InChI=1S/C20H30N4O3/c1-15-11-17(25)16(12-21-15)19(27)24-8-4-6-20(14-24)7-5-18(26)23(13-20)10-9-22(2)3/h11-12H,4-10,13-14H2,1-3H3,(H,21,25)/t20-/m1/s1. The average molecular weight is 374 g/mol. The molecule has 148 valence electrons. The molecule has 3 heterocycles. The summed E-state index contributed by atoms with van der Waals surface area (Å²) in [6.45, 7) is 5.34. The van der Waals surface area contributed by atoms with E-state index in [-0.39, 0.29) is 28.2 Å². The van der Waals surface area contributed by atoms with Gasteiger partial charge in [0.25, 0.3) is 5.91 Å². The fourth-order valence-corrected chi connectivity index (χ4v) is 4.25. The van der Waals surface area contributed by atoms with E-state index in [1.165, 1.54) is 12.3 Å². The number of likely N-dealkylation sites (tertiary alicyclic amines) is 2. The van der Waals surface area contributed by atoms with Gasteiger partial charge in [0.2, 0.25) is 5.91 Å². The van der Waals surface area contributed by atoms with Crippen LogP contribution in [0, 0.1) is 12.3 Å². The van der Waals surface area contributed by atoms with E-state index in [1.807, 2.05) is 23.9 Å². The Morgan fingerprint density at radius 2 is 2.04 bits per heavy atom. The zero-order valence-electron chi connectivity index (χ0n) is 16.6. The van der Waals surface area contributed by atoms with Gasteiger partial charge in [-0.25, -0.2) is 0 Å². The second-order valence-electron chi connectivity index (χ2n) is 8.34. The molecule has 2 aliphatic heterocycles. The first-order valence-corrected chi connectivity index (χ1v) is 9.71. The van der Waals surface area contributed by atoms with Gasteiger partial charge in [-0.3, -0.25) is 14.4 Å². The summed E-state index contributed by atoms with van der Waals surface area (Å²) < 4.78 is 0. The molecular formula is C20H30N4O3. The van der Waals surface area contributed by atoms with Crippen molar-refractivity contribution in [1.29, 1.82) is 0 Å².